The molecule has 3 rings (SSSR count). The van der Waals surface area contributed by atoms with E-state index in [-0.39, 0.29) is 27.0 Å². The van der Waals surface area contributed by atoms with Gasteiger partial charge in [0.1, 0.15) is 5.82 Å². The third kappa shape index (κ3) is 4.92. The molecule has 160 valence electrons. The molecule has 0 aliphatic carbocycles. The molecule has 3 aromatic carbocycles. The summed E-state index contributed by atoms with van der Waals surface area (Å²) in [7, 11) is -2.70. The highest BCUT2D eigenvalue weighted by molar-refractivity contribution is 7.92. The number of amides is 1. The molecule has 0 unspecified atom stereocenters. The Balaban J connectivity index is 1.89. The fourth-order valence-electron chi connectivity index (χ4n) is 2.77. The minimum absolute atomic E-state index is 0.0362. The lowest BCUT2D eigenvalue weighted by atomic mass is 10.1. The van der Waals surface area contributed by atoms with Crippen molar-refractivity contribution in [2.45, 2.75) is 11.8 Å². The van der Waals surface area contributed by atoms with E-state index < -0.39 is 21.7 Å². The molecule has 9 heteroatoms. The van der Waals surface area contributed by atoms with E-state index in [0.717, 1.165) is 16.4 Å². The van der Waals surface area contributed by atoms with Crippen LogP contribution in [-0.4, -0.2) is 27.2 Å². The van der Waals surface area contributed by atoms with Crippen molar-refractivity contribution in [2.24, 2.45) is 0 Å². The predicted octanol–water partition coefficient (Wildman–Crippen LogP) is 4.76. The maximum atomic E-state index is 13.2. The van der Waals surface area contributed by atoms with E-state index in [1.54, 1.807) is 24.3 Å². The molecule has 0 atom stereocenters. The van der Waals surface area contributed by atoms with Crippen LogP contribution in [0.25, 0.3) is 0 Å². The molecule has 0 saturated heterocycles. The number of nitrogens with zero attached hydrogens (tertiary/aromatic N) is 1. The minimum Gasteiger partial charge on any atom is -0.322 e. The van der Waals surface area contributed by atoms with Crippen LogP contribution < -0.4 is 9.62 Å². The number of ketones is 1. The van der Waals surface area contributed by atoms with E-state index in [1.165, 1.54) is 44.3 Å². The third-order valence-electron chi connectivity index (χ3n) is 4.58. The van der Waals surface area contributed by atoms with Crippen molar-refractivity contribution in [3.8, 4) is 0 Å². The Morgan fingerprint density at radius 3 is 2.16 bits per heavy atom. The predicted molar refractivity (Wildman–Crippen MR) is 118 cm³/mol. The summed E-state index contributed by atoms with van der Waals surface area (Å²) < 4.78 is 40.1. The normalized spacial score (nSPS) is 11.1. The van der Waals surface area contributed by atoms with Gasteiger partial charge in [0.2, 0.25) is 0 Å². The van der Waals surface area contributed by atoms with Gasteiger partial charge in [-0.2, -0.15) is 0 Å². The van der Waals surface area contributed by atoms with Crippen molar-refractivity contribution in [2.75, 3.05) is 16.7 Å². The largest absolute Gasteiger partial charge is 0.322 e. The Hall–Kier alpha value is -3.23. The number of halogens is 2. The highest BCUT2D eigenvalue weighted by atomic mass is 35.5. The lowest BCUT2D eigenvalue weighted by Crippen LogP contribution is -2.27. The van der Waals surface area contributed by atoms with Crippen LogP contribution in [0.4, 0.5) is 15.8 Å². The topological polar surface area (TPSA) is 83.5 Å². The lowest BCUT2D eigenvalue weighted by Gasteiger charge is -2.20. The van der Waals surface area contributed by atoms with Gasteiger partial charge < -0.3 is 5.32 Å². The molecule has 31 heavy (non-hydrogen) atoms. The van der Waals surface area contributed by atoms with Crippen LogP contribution in [0.2, 0.25) is 5.02 Å². The van der Waals surface area contributed by atoms with Gasteiger partial charge in [-0.15, -0.1) is 0 Å². The van der Waals surface area contributed by atoms with Gasteiger partial charge in [0.15, 0.2) is 5.78 Å². The number of carbonyl (C=O) groups excluding carboxylic acids is 2. The summed E-state index contributed by atoms with van der Waals surface area (Å²) in [4.78, 5) is 23.9. The van der Waals surface area contributed by atoms with Gasteiger partial charge in [0.25, 0.3) is 15.9 Å². The summed E-state index contributed by atoms with van der Waals surface area (Å²) in [6, 6.07) is 15.0. The molecule has 0 saturated carbocycles. The number of hydrogen-bond acceptors (Lipinski definition) is 4. The van der Waals surface area contributed by atoms with Crippen LogP contribution in [0.1, 0.15) is 27.6 Å². The highest BCUT2D eigenvalue weighted by Crippen LogP contribution is 2.26. The van der Waals surface area contributed by atoms with E-state index in [0.29, 0.717) is 11.3 Å². The van der Waals surface area contributed by atoms with Gasteiger partial charge in [-0.1, -0.05) is 11.6 Å². The molecule has 0 fully saturated rings. The highest BCUT2D eigenvalue weighted by Gasteiger charge is 2.24. The van der Waals surface area contributed by atoms with Gasteiger partial charge >= 0.3 is 0 Å². The zero-order chi connectivity index (χ0) is 22.8. The molecular weight excluding hydrogens is 443 g/mol. The SMILES string of the molecule is CC(=O)c1ccc(NC(=O)c2cc(S(=O)(=O)N(C)c3ccc(F)cc3)ccc2Cl)cc1. The first kappa shape index (κ1) is 22.5. The van der Waals surface area contributed by atoms with E-state index >= 15 is 0 Å². The Morgan fingerprint density at radius 2 is 1.58 bits per heavy atom. The number of rotatable bonds is 6. The summed E-state index contributed by atoms with van der Waals surface area (Å²) >= 11 is 6.13. The average molecular weight is 461 g/mol. The second-order valence-electron chi connectivity index (χ2n) is 6.68. The number of sulfonamides is 1. The van der Waals surface area contributed by atoms with Crippen LogP contribution in [0.3, 0.4) is 0 Å². The monoisotopic (exact) mass is 460 g/mol. The van der Waals surface area contributed by atoms with Crippen molar-refractivity contribution in [1.29, 1.82) is 0 Å². The number of carbonyl (C=O) groups is 2. The Bertz CT molecular complexity index is 1240. The standard InChI is InChI=1S/C22H18ClFN2O4S/c1-14(27)15-3-7-17(8-4-15)25-22(28)20-13-19(11-12-21(20)23)31(29,30)26(2)18-9-5-16(24)6-10-18/h3-13H,1-2H3,(H,25,28). The number of Topliss-reactive ketones (excluding diaryl/α,β-unsaturated/α-hetero) is 1. The van der Waals surface area contributed by atoms with Crippen molar-refractivity contribution in [3.05, 3.63) is 88.7 Å². The van der Waals surface area contributed by atoms with Gasteiger partial charge in [0.05, 0.1) is 21.2 Å². The molecule has 0 spiro atoms. The third-order valence-corrected chi connectivity index (χ3v) is 6.69. The Labute approximate surface area is 184 Å². The maximum absolute atomic E-state index is 13.2. The quantitative estimate of drug-likeness (QED) is 0.537. The van der Waals surface area contributed by atoms with Crippen LogP contribution in [0.15, 0.2) is 71.6 Å². The van der Waals surface area contributed by atoms with Crippen LogP contribution in [-0.2, 0) is 10.0 Å². The van der Waals surface area contributed by atoms with Gasteiger partial charge in [-0.25, -0.2) is 12.8 Å². The smallest absolute Gasteiger partial charge is 0.264 e. The first-order valence-electron chi connectivity index (χ1n) is 9.06. The van der Waals surface area contributed by atoms with Gasteiger partial charge in [-0.05, 0) is 73.7 Å². The van der Waals surface area contributed by atoms with Crippen molar-refractivity contribution < 1.29 is 22.4 Å². The second kappa shape index (κ2) is 8.87. The number of nitrogens with one attached hydrogen (secondary N) is 1. The Morgan fingerprint density at radius 1 is 0.968 bits per heavy atom. The zero-order valence-electron chi connectivity index (χ0n) is 16.6. The second-order valence-corrected chi connectivity index (χ2v) is 9.05. The van der Waals surface area contributed by atoms with Crippen molar-refractivity contribution in [3.63, 3.8) is 0 Å². The van der Waals surface area contributed by atoms with Crippen LogP contribution >= 0.6 is 11.6 Å². The lowest BCUT2D eigenvalue weighted by molar-refractivity contribution is 0.101. The summed E-state index contributed by atoms with van der Waals surface area (Å²) in [6.07, 6.45) is 0. The molecule has 0 heterocycles. The zero-order valence-corrected chi connectivity index (χ0v) is 18.2. The average Bonchev–Trinajstić information content (AvgIpc) is 2.74. The molecular formula is C22H18ClFN2O4S. The molecule has 0 aliphatic rings. The minimum atomic E-state index is -4.03. The molecule has 3 aromatic rings. The maximum Gasteiger partial charge on any atom is 0.264 e. The summed E-state index contributed by atoms with van der Waals surface area (Å²) in [5.74, 6) is -1.21. The molecule has 1 N–H and O–H groups in total. The van der Waals surface area contributed by atoms with Crippen LogP contribution in [0, 0.1) is 5.82 Å². The molecule has 0 radical (unpaired) electrons. The summed E-state index contributed by atoms with van der Waals surface area (Å²) in [5.41, 5.74) is 1.13. The van der Waals surface area contributed by atoms with Crippen LogP contribution in [0.5, 0.6) is 0 Å². The molecule has 0 bridgehead atoms. The van der Waals surface area contributed by atoms with E-state index in [4.69, 9.17) is 11.6 Å². The molecule has 6 nitrogen and oxygen atoms in total. The fraction of sp³-hybridized carbons (Fsp3) is 0.0909. The van der Waals surface area contributed by atoms with Crippen molar-refractivity contribution in [1.82, 2.24) is 0 Å². The molecule has 0 aromatic heterocycles. The first-order valence-corrected chi connectivity index (χ1v) is 10.9. The van der Waals surface area contributed by atoms with Gasteiger partial charge in [0, 0.05) is 18.3 Å². The van der Waals surface area contributed by atoms with E-state index in [9.17, 15) is 22.4 Å². The fourth-order valence-corrected chi connectivity index (χ4v) is 4.20. The number of benzene rings is 3. The van der Waals surface area contributed by atoms with E-state index in [1.807, 2.05) is 0 Å². The van der Waals surface area contributed by atoms with Gasteiger partial charge in [-0.3, -0.25) is 13.9 Å². The summed E-state index contributed by atoms with van der Waals surface area (Å²) in [6.45, 7) is 1.43. The van der Waals surface area contributed by atoms with E-state index in [2.05, 4.69) is 5.32 Å². The van der Waals surface area contributed by atoms with Crippen molar-refractivity contribution >= 4 is 44.7 Å². The summed E-state index contributed by atoms with van der Waals surface area (Å²) in [5, 5.41) is 2.70. The number of hydrogen-bond donors (Lipinski definition) is 1. The number of anilines is 2. The molecule has 1 amide bonds. The Kier molecular flexibility index (Phi) is 6.42. The molecule has 0 aliphatic heterocycles. The first-order chi connectivity index (χ1) is 14.6.